The molecule has 2 aromatic rings. The third kappa shape index (κ3) is 2.22. The molecule has 0 aliphatic heterocycles. The number of aromatic nitrogens is 3. The summed E-state index contributed by atoms with van der Waals surface area (Å²) in [6, 6.07) is 0.586. The molecule has 96 valence electrons. The SMILES string of the molecule is COCCN(c1nc(Br)cn2ccnc12)C1CC1. The zero-order chi connectivity index (χ0) is 12.5. The van der Waals surface area contributed by atoms with Crippen molar-refractivity contribution >= 4 is 27.4 Å². The Labute approximate surface area is 114 Å². The van der Waals surface area contributed by atoms with E-state index in [0.717, 1.165) is 22.6 Å². The quantitative estimate of drug-likeness (QED) is 0.848. The van der Waals surface area contributed by atoms with Gasteiger partial charge in [-0.05, 0) is 28.8 Å². The minimum atomic E-state index is 0.586. The highest BCUT2D eigenvalue weighted by Crippen LogP contribution is 2.32. The van der Waals surface area contributed by atoms with Gasteiger partial charge in [0.25, 0.3) is 0 Å². The zero-order valence-corrected chi connectivity index (χ0v) is 11.8. The summed E-state index contributed by atoms with van der Waals surface area (Å²) >= 11 is 3.46. The number of methoxy groups -OCH3 is 1. The van der Waals surface area contributed by atoms with Crippen LogP contribution in [0.4, 0.5) is 5.82 Å². The van der Waals surface area contributed by atoms with E-state index in [1.54, 1.807) is 13.3 Å². The molecule has 0 saturated heterocycles. The average molecular weight is 311 g/mol. The highest BCUT2D eigenvalue weighted by Gasteiger charge is 2.31. The van der Waals surface area contributed by atoms with Crippen LogP contribution >= 0.6 is 15.9 Å². The highest BCUT2D eigenvalue weighted by molar-refractivity contribution is 9.10. The number of rotatable bonds is 5. The largest absolute Gasteiger partial charge is 0.383 e. The van der Waals surface area contributed by atoms with E-state index < -0.39 is 0 Å². The number of hydrogen-bond acceptors (Lipinski definition) is 4. The third-order valence-electron chi connectivity index (χ3n) is 3.12. The molecule has 0 spiro atoms. The van der Waals surface area contributed by atoms with Gasteiger partial charge in [0.15, 0.2) is 11.5 Å². The van der Waals surface area contributed by atoms with Crippen molar-refractivity contribution in [3.05, 3.63) is 23.2 Å². The Morgan fingerprint density at radius 3 is 3.11 bits per heavy atom. The Bertz CT molecular complexity index is 552. The lowest BCUT2D eigenvalue weighted by Crippen LogP contribution is -2.30. The first-order chi connectivity index (χ1) is 8.79. The highest BCUT2D eigenvalue weighted by atomic mass is 79.9. The van der Waals surface area contributed by atoms with Crippen LogP contribution in [-0.2, 0) is 4.74 Å². The van der Waals surface area contributed by atoms with Crippen LogP contribution < -0.4 is 4.90 Å². The molecule has 0 radical (unpaired) electrons. The summed E-state index contributed by atoms with van der Waals surface area (Å²) in [4.78, 5) is 11.3. The van der Waals surface area contributed by atoms with Crippen LogP contribution in [0.3, 0.4) is 0 Å². The topological polar surface area (TPSA) is 42.7 Å². The minimum Gasteiger partial charge on any atom is -0.383 e. The second-order valence-electron chi connectivity index (χ2n) is 4.46. The number of halogens is 1. The number of imidazole rings is 1. The van der Waals surface area contributed by atoms with Crippen LogP contribution in [0.2, 0.25) is 0 Å². The first kappa shape index (κ1) is 11.9. The Hall–Kier alpha value is -1.14. The summed E-state index contributed by atoms with van der Waals surface area (Å²) in [7, 11) is 1.73. The molecule has 2 aromatic heterocycles. The van der Waals surface area contributed by atoms with Crippen LogP contribution in [0.25, 0.3) is 5.65 Å². The van der Waals surface area contributed by atoms with Crippen molar-refractivity contribution in [3.8, 4) is 0 Å². The van der Waals surface area contributed by atoms with E-state index in [9.17, 15) is 0 Å². The lowest BCUT2D eigenvalue weighted by atomic mass is 10.4. The molecule has 18 heavy (non-hydrogen) atoms. The van der Waals surface area contributed by atoms with Crippen molar-refractivity contribution in [2.24, 2.45) is 0 Å². The summed E-state index contributed by atoms with van der Waals surface area (Å²) < 4.78 is 8.01. The molecule has 0 bridgehead atoms. The average Bonchev–Trinajstić information content (AvgIpc) is 3.08. The van der Waals surface area contributed by atoms with Gasteiger partial charge in [0.1, 0.15) is 4.60 Å². The lowest BCUT2D eigenvalue weighted by Gasteiger charge is -2.23. The molecular formula is C12H15BrN4O. The number of hydrogen-bond donors (Lipinski definition) is 0. The number of fused-ring (bicyclic) bond motifs is 1. The van der Waals surface area contributed by atoms with Gasteiger partial charge in [-0.25, -0.2) is 9.97 Å². The maximum atomic E-state index is 5.19. The molecule has 1 fully saturated rings. The summed E-state index contributed by atoms with van der Waals surface area (Å²) in [6.07, 6.45) is 8.11. The van der Waals surface area contributed by atoms with Crippen molar-refractivity contribution in [3.63, 3.8) is 0 Å². The predicted octanol–water partition coefficient (Wildman–Crippen LogP) is 2.11. The van der Waals surface area contributed by atoms with Gasteiger partial charge < -0.3 is 14.0 Å². The van der Waals surface area contributed by atoms with Gasteiger partial charge in [-0.3, -0.25) is 0 Å². The first-order valence-electron chi connectivity index (χ1n) is 6.04. The summed E-state index contributed by atoms with van der Waals surface area (Å²) in [5, 5.41) is 0. The molecule has 0 amide bonds. The van der Waals surface area contributed by atoms with Gasteiger partial charge in [-0.15, -0.1) is 0 Å². The van der Waals surface area contributed by atoms with Gasteiger partial charge in [-0.1, -0.05) is 0 Å². The molecule has 0 aromatic carbocycles. The zero-order valence-electron chi connectivity index (χ0n) is 10.2. The van der Waals surface area contributed by atoms with E-state index in [-0.39, 0.29) is 0 Å². The summed E-state index contributed by atoms with van der Waals surface area (Å²) in [5.74, 6) is 0.939. The van der Waals surface area contributed by atoms with Crippen LogP contribution in [-0.4, -0.2) is 40.7 Å². The van der Waals surface area contributed by atoms with Crippen molar-refractivity contribution < 1.29 is 4.74 Å². The van der Waals surface area contributed by atoms with E-state index in [1.807, 2.05) is 16.8 Å². The van der Waals surface area contributed by atoms with Crippen molar-refractivity contribution in [1.29, 1.82) is 0 Å². The molecule has 6 heteroatoms. The lowest BCUT2D eigenvalue weighted by molar-refractivity contribution is 0.205. The maximum absolute atomic E-state index is 5.19. The van der Waals surface area contributed by atoms with Crippen LogP contribution in [0.15, 0.2) is 23.2 Å². The number of ether oxygens (including phenoxy) is 1. The van der Waals surface area contributed by atoms with Gasteiger partial charge >= 0.3 is 0 Å². The smallest absolute Gasteiger partial charge is 0.180 e. The monoisotopic (exact) mass is 310 g/mol. The van der Waals surface area contributed by atoms with E-state index in [1.165, 1.54) is 12.8 Å². The first-order valence-corrected chi connectivity index (χ1v) is 6.83. The second-order valence-corrected chi connectivity index (χ2v) is 5.28. The van der Waals surface area contributed by atoms with E-state index in [2.05, 4.69) is 30.8 Å². The summed E-state index contributed by atoms with van der Waals surface area (Å²) in [5.41, 5.74) is 0.904. The fraction of sp³-hybridized carbons (Fsp3) is 0.500. The Kier molecular flexibility index (Phi) is 3.22. The summed E-state index contributed by atoms with van der Waals surface area (Å²) in [6.45, 7) is 1.56. The maximum Gasteiger partial charge on any atom is 0.180 e. The molecule has 0 unspecified atom stereocenters. The standard InChI is InChI=1S/C12H15BrN4O/c1-18-7-6-17(9-2-3-9)12-11-14-4-5-16(11)8-10(13)15-12/h4-5,8-9H,2-3,6-7H2,1H3. The van der Waals surface area contributed by atoms with Gasteiger partial charge in [0, 0.05) is 38.3 Å². The van der Waals surface area contributed by atoms with Crippen molar-refractivity contribution in [2.45, 2.75) is 18.9 Å². The van der Waals surface area contributed by atoms with Crippen LogP contribution in [0.5, 0.6) is 0 Å². The Balaban J connectivity index is 2.01. The van der Waals surface area contributed by atoms with Gasteiger partial charge in [0.05, 0.1) is 6.61 Å². The molecule has 1 saturated carbocycles. The van der Waals surface area contributed by atoms with E-state index in [0.29, 0.717) is 12.6 Å². The number of anilines is 1. The second kappa shape index (κ2) is 4.85. The van der Waals surface area contributed by atoms with Gasteiger partial charge in [-0.2, -0.15) is 0 Å². The molecule has 1 aliphatic carbocycles. The van der Waals surface area contributed by atoms with E-state index >= 15 is 0 Å². The molecule has 0 N–H and O–H groups in total. The predicted molar refractivity (Wildman–Crippen MR) is 72.9 cm³/mol. The Morgan fingerprint density at radius 1 is 1.56 bits per heavy atom. The molecule has 5 nitrogen and oxygen atoms in total. The molecular weight excluding hydrogens is 296 g/mol. The van der Waals surface area contributed by atoms with Gasteiger partial charge in [0.2, 0.25) is 0 Å². The van der Waals surface area contributed by atoms with Crippen LogP contribution in [0, 0.1) is 0 Å². The normalized spacial score (nSPS) is 15.2. The van der Waals surface area contributed by atoms with Crippen LogP contribution in [0.1, 0.15) is 12.8 Å². The number of nitrogens with zero attached hydrogens (tertiary/aromatic N) is 4. The molecule has 2 heterocycles. The molecule has 0 atom stereocenters. The third-order valence-corrected chi connectivity index (χ3v) is 3.51. The molecule has 3 rings (SSSR count). The Morgan fingerprint density at radius 2 is 2.39 bits per heavy atom. The minimum absolute atomic E-state index is 0.586. The van der Waals surface area contributed by atoms with E-state index in [4.69, 9.17) is 4.74 Å². The fourth-order valence-electron chi connectivity index (χ4n) is 2.12. The van der Waals surface area contributed by atoms with Crippen molar-refractivity contribution in [1.82, 2.24) is 14.4 Å². The fourth-order valence-corrected chi connectivity index (χ4v) is 2.50. The molecule has 1 aliphatic rings. The van der Waals surface area contributed by atoms with Crippen molar-refractivity contribution in [2.75, 3.05) is 25.2 Å².